The predicted octanol–water partition coefficient (Wildman–Crippen LogP) is 1.66. The van der Waals surface area contributed by atoms with E-state index in [0.717, 1.165) is 22.4 Å². The van der Waals surface area contributed by atoms with Crippen LogP contribution in [0.4, 0.5) is 11.5 Å². The van der Waals surface area contributed by atoms with Crippen molar-refractivity contribution in [2.75, 3.05) is 63.5 Å². The van der Waals surface area contributed by atoms with Gasteiger partial charge in [0.1, 0.15) is 5.82 Å². The molecule has 1 aliphatic rings. The third kappa shape index (κ3) is 7.36. The van der Waals surface area contributed by atoms with Crippen LogP contribution in [0.15, 0.2) is 36.5 Å². The molecule has 1 aromatic heterocycles. The van der Waals surface area contributed by atoms with Crippen molar-refractivity contribution in [1.82, 2.24) is 19.7 Å². The molecule has 182 valence electrons. The second kappa shape index (κ2) is 11.7. The number of likely N-dealkylation sites (N-methyl/N-ethyl adjacent to an activating group) is 1. The van der Waals surface area contributed by atoms with Crippen LogP contribution < -0.4 is 10.6 Å². The summed E-state index contributed by atoms with van der Waals surface area (Å²) in [6.07, 6.45) is 1.64. The van der Waals surface area contributed by atoms with Crippen molar-refractivity contribution in [1.29, 1.82) is 0 Å². The zero-order valence-corrected chi connectivity index (χ0v) is 20.4. The molecule has 3 rings (SSSR count). The lowest BCUT2D eigenvalue weighted by Crippen LogP contribution is -2.52. The third-order valence-electron chi connectivity index (χ3n) is 5.84. The second-order valence-electron chi connectivity index (χ2n) is 8.91. The highest BCUT2D eigenvalue weighted by atomic mass is 16.2. The maximum absolute atomic E-state index is 12.7. The number of hydrogen-bond acceptors (Lipinski definition) is 6. The monoisotopic (exact) mass is 466 g/mol. The van der Waals surface area contributed by atoms with Crippen LogP contribution in [0.3, 0.4) is 0 Å². The molecule has 3 amide bonds. The van der Waals surface area contributed by atoms with Crippen molar-refractivity contribution in [3.8, 4) is 0 Å². The van der Waals surface area contributed by atoms with Crippen molar-refractivity contribution in [3.63, 3.8) is 0 Å². The van der Waals surface area contributed by atoms with E-state index in [-0.39, 0.29) is 30.8 Å². The first-order chi connectivity index (χ1) is 16.2. The van der Waals surface area contributed by atoms with Crippen LogP contribution in [-0.2, 0) is 14.4 Å². The van der Waals surface area contributed by atoms with E-state index in [4.69, 9.17) is 0 Å². The number of aromatic nitrogens is 1. The zero-order valence-electron chi connectivity index (χ0n) is 20.4. The molecule has 1 saturated heterocycles. The van der Waals surface area contributed by atoms with E-state index in [9.17, 15) is 14.4 Å². The summed E-state index contributed by atoms with van der Waals surface area (Å²) < 4.78 is 0. The lowest BCUT2D eigenvalue weighted by atomic mass is 10.1. The van der Waals surface area contributed by atoms with Gasteiger partial charge in [-0.05, 0) is 56.6 Å². The van der Waals surface area contributed by atoms with E-state index in [1.54, 1.807) is 29.1 Å². The van der Waals surface area contributed by atoms with Gasteiger partial charge in [-0.1, -0.05) is 18.2 Å². The van der Waals surface area contributed by atoms with Gasteiger partial charge < -0.3 is 15.5 Å². The standard InChI is InChI=1S/C25H34N6O3/c1-18-8-9-26-21(14-18)27-22(32)15-29(4)17-24(34)31-12-10-30(11-13-31)16-23(33)28-25-19(2)6-5-7-20(25)3/h5-9,14H,10-13,15-17H2,1-4H3,(H,28,33)(H,26,27,32). The zero-order chi connectivity index (χ0) is 24.7. The number of piperazine rings is 1. The number of para-hydroxylation sites is 1. The van der Waals surface area contributed by atoms with Gasteiger partial charge >= 0.3 is 0 Å². The maximum atomic E-state index is 12.7. The summed E-state index contributed by atoms with van der Waals surface area (Å²) in [5, 5.41) is 5.77. The Hall–Kier alpha value is -3.30. The molecule has 34 heavy (non-hydrogen) atoms. The van der Waals surface area contributed by atoms with Crippen molar-refractivity contribution in [3.05, 3.63) is 53.2 Å². The van der Waals surface area contributed by atoms with Gasteiger partial charge in [0, 0.05) is 38.1 Å². The van der Waals surface area contributed by atoms with E-state index in [2.05, 4.69) is 20.5 Å². The highest BCUT2D eigenvalue weighted by Crippen LogP contribution is 2.19. The molecule has 9 heteroatoms. The molecule has 0 spiro atoms. The van der Waals surface area contributed by atoms with Gasteiger partial charge in [0.15, 0.2) is 0 Å². The molecular formula is C25H34N6O3. The first kappa shape index (κ1) is 25.3. The topological polar surface area (TPSA) is 97.9 Å². The molecule has 9 nitrogen and oxygen atoms in total. The summed E-state index contributed by atoms with van der Waals surface area (Å²) in [5.41, 5.74) is 3.95. The van der Waals surface area contributed by atoms with E-state index in [1.807, 2.05) is 45.0 Å². The summed E-state index contributed by atoms with van der Waals surface area (Å²) in [6.45, 7) is 8.82. The van der Waals surface area contributed by atoms with Crippen molar-refractivity contribution in [2.24, 2.45) is 0 Å². The highest BCUT2D eigenvalue weighted by molar-refractivity contribution is 5.94. The van der Waals surface area contributed by atoms with E-state index >= 15 is 0 Å². The lowest BCUT2D eigenvalue weighted by Gasteiger charge is -2.35. The van der Waals surface area contributed by atoms with Crippen molar-refractivity contribution < 1.29 is 14.4 Å². The number of rotatable bonds is 8. The predicted molar refractivity (Wildman–Crippen MR) is 133 cm³/mol. The fourth-order valence-corrected chi connectivity index (χ4v) is 3.97. The van der Waals surface area contributed by atoms with E-state index < -0.39 is 0 Å². The Morgan fingerprint density at radius 2 is 1.62 bits per heavy atom. The summed E-state index contributed by atoms with van der Waals surface area (Å²) in [6, 6.07) is 9.59. The Morgan fingerprint density at radius 1 is 0.941 bits per heavy atom. The van der Waals surface area contributed by atoms with E-state index in [0.29, 0.717) is 38.5 Å². The average molecular weight is 467 g/mol. The SMILES string of the molecule is Cc1ccnc(NC(=O)CN(C)CC(=O)N2CCN(CC(=O)Nc3c(C)cccc3C)CC2)c1. The van der Waals surface area contributed by atoms with Crippen LogP contribution >= 0.6 is 0 Å². The van der Waals surface area contributed by atoms with Gasteiger partial charge in [0.25, 0.3) is 0 Å². The third-order valence-corrected chi connectivity index (χ3v) is 5.84. The minimum Gasteiger partial charge on any atom is -0.339 e. The number of nitrogens with zero attached hydrogens (tertiary/aromatic N) is 4. The molecule has 1 aliphatic heterocycles. The largest absolute Gasteiger partial charge is 0.339 e. The van der Waals surface area contributed by atoms with Crippen molar-refractivity contribution in [2.45, 2.75) is 20.8 Å². The Balaban J connectivity index is 1.39. The molecule has 0 unspecified atom stereocenters. The number of benzene rings is 1. The molecule has 0 atom stereocenters. The number of anilines is 2. The fraction of sp³-hybridized carbons (Fsp3) is 0.440. The summed E-state index contributed by atoms with van der Waals surface area (Å²) in [4.78, 5) is 47.1. The highest BCUT2D eigenvalue weighted by Gasteiger charge is 2.24. The Bertz CT molecular complexity index is 1010. The molecule has 0 aliphatic carbocycles. The van der Waals surface area contributed by atoms with Crippen LogP contribution in [0.2, 0.25) is 0 Å². The van der Waals surface area contributed by atoms with Crippen LogP contribution in [0.5, 0.6) is 0 Å². The summed E-state index contributed by atoms with van der Waals surface area (Å²) in [5.74, 6) is 0.213. The number of pyridine rings is 1. The molecular weight excluding hydrogens is 432 g/mol. The molecule has 2 N–H and O–H groups in total. The average Bonchev–Trinajstić information content (AvgIpc) is 2.76. The number of aryl methyl sites for hydroxylation is 3. The molecule has 2 heterocycles. The number of nitrogens with one attached hydrogen (secondary N) is 2. The van der Waals surface area contributed by atoms with Crippen LogP contribution in [0.25, 0.3) is 0 Å². The molecule has 0 radical (unpaired) electrons. The van der Waals surface area contributed by atoms with Gasteiger partial charge in [-0.25, -0.2) is 4.98 Å². The van der Waals surface area contributed by atoms with Gasteiger partial charge in [-0.3, -0.25) is 24.2 Å². The normalized spacial score (nSPS) is 14.2. The van der Waals surface area contributed by atoms with Crippen LogP contribution in [-0.4, -0.2) is 90.3 Å². The molecule has 1 fully saturated rings. The lowest BCUT2D eigenvalue weighted by molar-refractivity contribution is -0.134. The molecule has 0 saturated carbocycles. The van der Waals surface area contributed by atoms with Crippen molar-refractivity contribution >= 4 is 29.2 Å². The quantitative estimate of drug-likeness (QED) is 0.614. The molecule has 1 aromatic carbocycles. The van der Waals surface area contributed by atoms with E-state index in [1.165, 1.54) is 0 Å². The fourth-order valence-electron chi connectivity index (χ4n) is 3.97. The van der Waals surface area contributed by atoms with Gasteiger partial charge in [-0.15, -0.1) is 0 Å². The maximum Gasteiger partial charge on any atom is 0.239 e. The van der Waals surface area contributed by atoms with Gasteiger partial charge in [-0.2, -0.15) is 0 Å². The Labute approximate surface area is 201 Å². The summed E-state index contributed by atoms with van der Waals surface area (Å²) >= 11 is 0. The van der Waals surface area contributed by atoms with Crippen LogP contribution in [0, 0.1) is 20.8 Å². The van der Waals surface area contributed by atoms with Crippen LogP contribution in [0.1, 0.15) is 16.7 Å². The number of hydrogen-bond donors (Lipinski definition) is 2. The first-order valence-electron chi connectivity index (χ1n) is 11.5. The van der Waals surface area contributed by atoms with Gasteiger partial charge in [0.05, 0.1) is 19.6 Å². The molecule has 0 bridgehead atoms. The minimum absolute atomic E-state index is 0.0244. The number of carbonyl (C=O) groups excluding carboxylic acids is 3. The smallest absolute Gasteiger partial charge is 0.239 e. The number of carbonyl (C=O) groups is 3. The molecule has 2 aromatic rings. The Kier molecular flexibility index (Phi) is 8.72. The second-order valence-corrected chi connectivity index (χ2v) is 8.91. The Morgan fingerprint density at radius 3 is 2.26 bits per heavy atom. The van der Waals surface area contributed by atoms with Gasteiger partial charge in [0.2, 0.25) is 17.7 Å². The minimum atomic E-state index is -0.215. The first-order valence-corrected chi connectivity index (χ1v) is 11.5. The number of amides is 3. The summed E-state index contributed by atoms with van der Waals surface area (Å²) in [7, 11) is 1.75.